The average Bonchev–Trinajstić information content (AvgIpc) is 2.41. The molecule has 0 aliphatic rings. The first-order valence-corrected chi connectivity index (χ1v) is 7.44. The minimum Gasteiger partial charge on any atom is -0.464 e. The van der Waals surface area contributed by atoms with Crippen LogP contribution in [0.15, 0.2) is 18.2 Å². The second kappa shape index (κ2) is 7.64. The minimum atomic E-state index is 0.0838. The molecule has 0 saturated heterocycles. The summed E-state index contributed by atoms with van der Waals surface area (Å²) in [6.45, 7) is 2.89. The number of hydrogen-bond donors (Lipinski definition) is 1. The maximum absolute atomic E-state index is 6.11. The van der Waals surface area contributed by atoms with E-state index in [-0.39, 0.29) is 11.3 Å². The van der Waals surface area contributed by atoms with Crippen LogP contribution in [0.3, 0.4) is 0 Å². The molecule has 0 fully saturated rings. The molecule has 21 heavy (non-hydrogen) atoms. The monoisotopic (exact) mass is 346 g/mol. The van der Waals surface area contributed by atoms with Gasteiger partial charge in [-0.25, -0.2) is 0 Å². The van der Waals surface area contributed by atoms with Gasteiger partial charge in [0.15, 0.2) is 0 Å². The fourth-order valence-corrected chi connectivity index (χ4v) is 2.29. The van der Waals surface area contributed by atoms with Crippen LogP contribution in [0, 0.1) is 0 Å². The van der Waals surface area contributed by atoms with E-state index in [1.807, 2.05) is 13.0 Å². The van der Waals surface area contributed by atoms with E-state index in [0.29, 0.717) is 35.6 Å². The van der Waals surface area contributed by atoms with E-state index in [2.05, 4.69) is 20.3 Å². The molecule has 0 amide bonds. The highest BCUT2D eigenvalue weighted by Crippen LogP contribution is 2.21. The van der Waals surface area contributed by atoms with E-state index in [1.165, 1.54) is 0 Å². The maximum Gasteiger partial charge on any atom is 0.322 e. The van der Waals surface area contributed by atoms with Crippen LogP contribution in [0.2, 0.25) is 15.3 Å². The topological polar surface area (TPSA) is 59.9 Å². The number of ether oxygens (including phenoxy) is 1. The van der Waals surface area contributed by atoms with Crippen molar-refractivity contribution in [1.82, 2.24) is 15.0 Å². The summed E-state index contributed by atoms with van der Waals surface area (Å²) in [6, 6.07) is 5.60. The Balaban J connectivity index is 1.96. The van der Waals surface area contributed by atoms with E-state index in [1.54, 1.807) is 12.1 Å². The number of benzene rings is 1. The molecule has 2 aromatic rings. The summed E-state index contributed by atoms with van der Waals surface area (Å²) in [5.74, 6) is 0.364. The molecule has 8 heteroatoms. The third kappa shape index (κ3) is 4.88. The normalized spacial score (nSPS) is 10.5. The molecule has 0 aliphatic carbocycles. The van der Waals surface area contributed by atoms with Gasteiger partial charge in [-0.1, -0.05) is 29.3 Å². The number of anilines is 1. The van der Waals surface area contributed by atoms with Gasteiger partial charge >= 0.3 is 6.01 Å². The summed E-state index contributed by atoms with van der Waals surface area (Å²) in [6.07, 6.45) is 0.698. The Hall–Kier alpha value is -1.30. The second-order valence-electron chi connectivity index (χ2n) is 4.06. The van der Waals surface area contributed by atoms with Crippen molar-refractivity contribution in [2.75, 3.05) is 18.5 Å². The number of halogens is 3. The van der Waals surface area contributed by atoms with Gasteiger partial charge < -0.3 is 10.1 Å². The Morgan fingerprint density at radius 2 is 1.95 bits per heavy atom. The van der Waals surface area contributed by atoms with Gasteiger partial charge in [0.25, 0.3) is 0 Å². The molecule has 0 bridgehead atoms. The van der Waals surface area contributed by atoms with Crippen molar-refractivity contribution in [2.24, 2.45) is 0 Å². The summed E-state index contributed by atoms with van der Waals surface area (Å²) in [7, 11) is 0. The van der Waals surface area contributed by atoms with Gasteiger partial charge in [0.1, 0.15) is 0 Å². The Kier molecular flexibility index (Phi) is 5.85. The minimum absolute atomic E-state index is 0.0838. The van der Waals surface area contributed by atoms with Crippen molar-refractivity contribution in [2.45, 2.75) is 13.3 Å². The van der Waals surface area contributed by atoms with Crippen molar-refractivity contribution in [1.29, 1.82) is 0 Å². The van der Waals surface area contributed by atoms with Crippen LogP contribution in [0.5, 0.6) is 6.01 Å². The zero-order chi connectivity index (χ0) is 15.2. The van der Waals surface area contributed by atoms with Crippen LogP contribution in [0.25, 0.3) is 0 Å². The van der Waals surface area contributed by atoms with Crippen LogP contribution in [-0.4, -0.2) is 28.1 Å². The Labute approximate surface area is 137 Å². The van der Waals surface area contributed by atoms with Gasteiger partial charge in [-0.15, -0.1) is 0 Å². The van der Waals surface area contributed by atoms with E-state index >= 15 is 0 Å². The molecule has 0 radical (unpaired) electrons. The summed E-state index contributed by atoms with van der Waals surface area (Å²) in [5, 5.41) is 4.39. The highest BCUT2D eigenvalue weighted by Gasteiger charge is 2.06. The average molecular weight is 348 g/mol. The van der Waals surface area contributed by atoms with Crippen molar-refractivity contribution in [3.05, 3.63) is 39.1 Å². The van der Waals surface area contributed by atoms with Crippen molar-refractivity contribution in [3.63, 3.8) is 0 Å². The lowest BCUT2D eigenvalue weighted by Gasteiger charge is -2.08. The number of hydrogen-bond acceptors (Lipinski definition) is 5. The Morgan fingerprint density at radius 3 is 2.67 bits per heavy atom. The highest BCUT2D eigenvalue weighted by atomic mass is 35.5. The highest BCUT2D eigenvalue weighted by molar-refractivity contribution is 6.35. The van der Waals surface area contributed by atoms with E-state index in [0.717, 1.165) is 5.56 Å². The van der Waals surface area contributed by atoms with Crippen molar-refractivity contribution >= 4 is 40.8 Å². The molecule has 5 nitrogen and oxygen atoms in total. The lowest BCUT2D eigenvalue weighted by Crippen LogP contribution is -2.10. The van der Waals surface area contributed by atoms with Crippen LogP contribution in [0.1, 0.15) is 12.5 Å². The standard InChI is InChI=1S/C13H13Cl3N4O/c1-2-21-13-19-11(16)18-12(20-13)17-6-5-8-3-4-9(14)7-10(8)15/h3-4,7H,2,5-6H2,1H3,(H,17,18,19,20). The molecule has 1 aromatic heterocycles. The zero-order valence-electron chi connectivity index (χ0n) is 11.2. The molecule has 0 saturated carbocycles. The van der Waals surface area contributed by atoms with Crippen LogP contribution in [0.4, 0.5) is 5.95 Å². The summed E-state index contributed by atoms with van der Waals surface area (Å²) < 4.78 is 5.20. The van der Waals surface area contributed by atoms with E-state index in [9.17, 15) is 0 Å². The van der Waals surface area contributed by atoms with Gasteiger partial charge in [0, 0.05) is 16.6 Å². The van der Waals surface area contributed by atoms with Gasteiger partial charge in [0.2, 0.25) is 11.2 Å². The fraction of sp³-hybridized carbons (Fsp3) is 0.308. The van der Waals surface area contributed by atoms with Gasteiger partial charge in [-0.2, -0.15) is 15.0 Å². The number of nitrogens with zero attached hydrogens (tertiary/aromatic N) is 3. The third-order valence-electron chi connectivity index (χ3n) is 2.55. The van der Waals surface area contributed by atoms with Crippen molar-refractivity contribution in [3.8, 4) is 6.01 Å². The molecular weight excluding hydrogens is 335 g/mol. The Bertz CT molecular complexity index is 624. The number of aromatic nitrogens is 3. The smallest absolute Gasteiger partial charge is 0.322 e. The molecule has 0 unspecified atom stereocenters. The second-order valence-corrected chi connectivity index (χ2v) is 5.24. The van der Waals surface area contributed by atoms with E-state index < -0.39 is 0 Å². The van der Waals surface area contributed by atoms with Crippen LogP contribution >= 0.6 is 34.8 Å². The molecule has 1 heterocycles. The summed E-state index contributed by atoms with van der Waals surface area (Å²) in [4.78, 5) is 11.9. The van der Waals surface area contributed by atoms with Gasteiger partial charge in [-0.3, -0.25) is 0 Å². The van der Waals surface area contributed by atoms with Crippen LogP contribution in [-0.2, 0) is 6.42 Å². The summed E-state index contributed by atoms with van der Waals surface area (Å²) in [5.41, 5.74) is 0.985. The molecule has 1 aromatic carbocycles. The quantitative estimate of drug-likeness (QED) is 0.859. The first kappa shape index (κ1) is 16.1. The Morgan fingerprint density at radius 1 is 1.14 bits per heavy atom. The number of nitrogens with one attached hydrogen (secondary N) is 1. The van der Waals surface area contributed by atoms with Gasteiger partial charge in [0.05, 0.1) is 6.61 Å². The maximum atomic E-state index is 6.11. The molecular formula is C13H13Cl3N4O. The zero-order valence-corrected chi connectivity index (χ0v) is 13.5. The molecule has 1 N–H and O–H groups in total. The largest absolute Gasteiger partial charge is 0.464 e. The van der Waals surface area contributed by atoms with E-state index in [4.69, 9.17) is 39.5 Å². The molecule has 112 valence electrons. The lowest BCUT2D eigenvalue weighted by molar-refractivity contribution is 0.312. The predicted molar refractivity (Wildman–Crippen MR) is 84.7 cm³/mol. The fourth-order valence-electron chi connectivity index (χ4n) is 1.64. The lowest BCUT2D eigenvalue weighted by atomic mass is 10.1. The van der Waals surface area contributed by atoms with Crippen LogP contribution < -0.4 is 10.1 Å². The molecule has 0 aliphatic heterocycles. The molecule has 2 rings (SSSR count). The molecule has 0 spiro atoms. The number of rotatable bonds is 6. The summed E-state index contributed by atoms with van der Waals surface area (Å²) >= 11 is 17.8. The SMILES string of the molecule is CCOc1nc(Cl)nc(NCCc2ccc(Cl)cc2Cl)n1. The van der Waals surface area contributed by atoms with Gasteiger partial charge in [-0.05, 0) is 42.6 Å². The third-order valence-corrected chi connectivity index (χ3v) is 3.31. The predicted octanol–water partition coefficient (Wildman–Crippen LogP) is 3.89. The van der Waals surface area contributed by atoms with Crippen molar-refractivity contribution < 1.29 is 4.74 Å². The first-order chi connectivity index (χ1) is 10.1. The first-order valence-electron chi connectivity index (χ1n) is 6.30. The molecule has 0 atom stereocenters.